The fourth-order valence-corrected chi connectivity index (χ4v) is 1.97. The standard InChI is InChI=1S/C10H10FN5O3/c11-1-4-6(17)7(18)10(19-4)16-3-15-5-8(12)13-2-14-9(5)16/h1-3,6-7,10,17-18H,(H2,12,13,14)/b4-1-/t6-,7+,10-/m1/s1. The van der Waals surface area contributed by atoms with Crippen LogP contribution in [-0.2, 0) is 4.74 Å². The topological polar surface area (TPSA) is 119 Å². The minimum atomic E-state index is -1.44. The van der Waals surface area contributed by atoms with E-state index < -0.39 is 18.4 Å². The quantitative estimate of drug-likeness (QED) is 0.635. The summed E-state index contributed by atoms with van der Waals surface area (Å²) in [6.07, 6.45) is -1.13. The second-order valence-corrected chi connectivity index (χ2v) is 4.04. The SMILES string of the molecule is Nc1ncnc2c1ncn2[C@@H]1O/C(=C\F)[C@@H](O)[C@@H]1O. The summed E-state index contributed by atoms with van der Waals surface area (Å²) in [6.45, 7) is 0. The molecule has 0 aromatic carbocycles. The fraction of sp³-hybridized carbons (Fsp3) is 0.300. The summed E-state index contributed by atoms with van der Waals surface area (Å²) in [6, 6.07) is 0. The van der Waals surface area contributed by atoms with E-state index in [9.17, 15) is 14.6 Å². The Kier molecular flexibility index (Phi) is 2.57. The molecule has 4 N–H and O–H groups in total. The van der Waals surface area contributed by atoms with E-state index in [2.05, 4.69) is 15.0 Å². The molecule has 0 unspecified atom stereocenters. The Labute approximate surface area is 106 Å². The molecule has 1 fully saturated rings. The lowest BCUT2D eigenvalue weighted by atomic mass is 10.2. The molecule has 3 rings (SSSR count). The van der Waals surface area contributed by atoms with Crippen LogP contribution in [0.1, 0.15) is 6.23 Å². The maximum Gasteiger partial charge on any atom is 0.207 e. The number of aliphatic hydroxyl groups is 2. The maximum absolute atomic E-state index is 12.5. The third-order valence-corrected chi connectivity index (χ3v) is 2.93. The Morgan fingerprint density at radius 1 is 1.37 bits per heavy atom. The first-order valence-corrected chi connectivity index (χ1v) is 5.39. The van der Waals surface area contributed by atoms with Gasteiger partial charge in [0.2, 0.25) is 6.23 Å². The molecule has 2 aromatic heterocycles. The van der Waals surface area contributed by atoms with Crippen LogP contribution in [0, 0.1) is 0 Å². The normalized spacial score (nSPS) is 29.0. The first-order chi connectivity index (χ1) is 9.13. The number of hydrogen-bond donors (Lipinski definition) is 3. The monoisotopic (exact) mass is 267 g/mol. The highest BCUT2D eigenvalue weighted by atomic mass is 19.1. The molecule has 19 heavy (non-hydrogen) atoms. The summed E-state index contributed by atoms with van der Waals surface area (Å²) < 4.78 is 19.0. The third-order valence-electron chi connectivity index (χ3n) is 2.93. The van der Waals surface area contributed by atoms with Crippen LogP contribution in [0.5, 0.6) is 0 Å². The molecule has 0 bridgehead atoms. The van der Waals surface area contributed by atoms with E-state index in [-0.39, 0.29) is 17.9 Å². The molecular formula is C10H10FN5O3. The summed E-state index contributed by atoms with van der Waals surface area (Å²) in [5.74, 6) is -0.167. The predicted molar refractivity (Wildman–Crippen MR) is 61.1 cm³/mol. The summed E-state index contributed by atoms with van der Waals surface area (Å²) in [5.41, 5.74) is 6.29. The number of imidazole rings is 1. The van der Waals surface area contributed by atoms with Gasteiger partial charge >= 0.3 is 0 Å². The van der Waals surface area contributed by atoms with Gasteiger partial charge in [0, 0.05) is 0 Å². The second-order valence-electron chi connectivity index (χ2n) is 4.04. The number of aliphatic hydroxyl groups excluding tert-OH is 2. The highest BCUT2D eigenvalue weighted by molar-refractivity contribution is 5.81. The third kappa shape index (κ3) is 1.63. The van der Waals surface area contributed by atoms with Crippen molar-refractivity contribution in [2.75, 3.05) is 5.73 Å². The number of fused-ring (bicyclic) bond motifs is 1. The zero-order valence-corrected chi connectivity index (χ0v) is 9.51. The van der Waals surface area contributed by atoms with Gasteiger partial charge in [-0.25, -0.2) is 19.3 Å². The molecule has 1 saturated heterocycles. The molecule has 2 aromatic rings. The molecule has 0 aliphatic carbocycles. The number of halogens is 1. The van der Waals surface area contributed by atoms with E-state index in [1.165, 1.54) is 17.2 Å². The van der Waals surface area contributed by atoms with Gasteiger partial charge in [0.05, 0.1) is 0 Å². The van der Waals surface area contributed by atoms with Crippen molar-refractivity contribution in [1.29, 1.82) is 0 Å². The van der Waals surface area contributed by atoms with Crippen LogP contribution in [-0.4, -0.2) is 41.9 Å². The number of nitrogens with zero attached hydrogens (tertiary/aromatic N) is 4. The highest BCUT2D eigenvalue weighted by Crippen LogP contribution is 2.33. The minimum absolute atomic E-state index is 0.107. The number of anilines is 1. The number of rotatable bonds is 1. The molecule has 9 heteroatoms. The van der Waals surface area contributed by atoms with Gasteiger partial charge < -0.3 is 20.7 Å². The molecule has 8 nitrogen and oxygen atoms in total. The van der Waals surface area contributed by atoms with Crippen LogP contribution in [0.25, 0.3) is 11.2 Å². The van der Waals surface area contributed by atoms with Gasteiger partial charge in [-0.1, -0.05) is 0 Å². The van der Waals surface area contributed by atoms with E-state index in [1.807, 2.05) is 0 Å². The van der Waals surface area contributed by atoms with Crippen molar-refractivity contribution in [3.8, 4) is 0 Å². The second kappa shape index (κ2) is 4.14. The minimum Gasteiger partial charge on any atom is -0.466 e. The summed E-state index contributed by atoms with van der Waals surface area (Å²) in [5, 5.41) is 19.4. The number of aromatic nitrogens is 4. The van der Waals surface area contributed by atoms with Gasteiger partial charge in [0.15, 0.2) is 17.2 Å². The molecule has 1 aliphatic rings. The van der Waals surface area contributed by atoms with Crippen LogP contribution in [0.15, 0.2) is 24.7 Å². The van der Waals surface area contributed by atoms with Crippen LogP contribution < -0.4 is 5.73 Å². The summed E-state index contributed by atoms with van der Waals surface area (Å²) in [7, 11) is 0. The zero-order valence-electron chi connectivity index (χ0n) is 9.51. The summed E-state index contributed by atoms with van der Waals surface area (Å²) >= 11 is 0. The molecule has 3 heterocycles. The number of hydrogen-bond acceptors (Lipinski definition) is 7. The average Bonchev–Trinajstić information content (AvgIpc) is 2.94. The van der Waals surface area contributed by atoms with E-state index in [0.29, 0.717) is 11.2 Å². The predicted octanol–water partition coefficient (Wildman–Crippen LogP) is -0.530. The zero-order chi connectivity index (χ0) is 13.6. The molecule has 0 saturated carbocycles. The summed E-state index contributed by atoms with van der Waals surface area (Å²) in [4.78, 5) is 11.8. The molecular weight excluding hydrogens is 257 g/mol. The Bertz CT molecular complexity index is 658. The van der Waals surface area contributed by atoms with Gasteiger partial charge in [0.25, 0.3) is 0 Å². The van der Waals surface area contributed by atoms with Crippen molar-refractivity contribution in [2.45, 2.75) is 18.4 Å². The lowest BCUT2D eigenvalue weighted by Crippen LogP contribution is -2.27. The molecule has 100 valence electrons. The first-order valence-electron chi connectivity index (χ1n) is 5.39. The lowest BCUT2D eigenvalue weighted by molar-refractivity contribution is -0.0120. The van der Waals surface area contributed by atoms with Crippen molar-refractivity contribution < 1.29 is 19.3 Å². The van der Waals surface area contributed by atoms with E-state index in [0.717, 1.165) is 0 Å². The maximum atomic E-state index is 12.5. The van der Waals surface area contributed by atoms with E-state index in [1.54, 1.807) is 0 Å². The first kappa shape index (κ1) is 11.8. The van der Waals surface area contributed by atoms with Gasteiger partial charge in [0.1, 0.15) is 36.7 Å². The number of nitrogens with two attached hydrogens (primary N) is 1. The van der Waals surface area contributed by atoms with Crippen LogP contribution >= 0.6 is 0 Å². The number of ether oxygens (including phenoxy) is 1. The Hall–Kier alpha value is -2.26. The van der Waals surface area contributed by atoms with Crippen molar-refractivity contribution in [2.24, 2.45) is 0 Å². The molecule has 0 radical (unpaired) electrons. The van der Waals surface area contributed by atoms with Gasteiger partial charge in [-0.05, 0) is 0 Å². The van der Waals surface area contributed by atoms with Gasteiger partial charge in [-0.2, -0.15) is 0 Å². The Morgan fingerprint density at radius 2 is 2.16 bits per heavy atom. The van der Waals surface area contributed by atoms with Crippen LogP contribution in [0.3, 0.4) is 0 Å². The Morgan fingerprint density at radius 3 is 2.84 bits per heavy atom. The van der Waals surface area contributed by atoms with Gasteiger partial charge in [-0.15, -0.1) is 0 Å². The van der Waals surface area contributed by atoms with Crippen molar-refractivity contribution >= 4 is 17.0 Å². The van der Waals surface area contributed by atoms with Crippen molar-refractivity contribution in [3.05, 3.63) is 24.7 Å². The largest absolute Gasteiger partial charge is 0.466 e. The van der Waals surface area contributed by atoms with Crippen molar-refractivity contribution in [1.82, 2.24) is 19.5 Å². The van der Waals surface area contributed by atoms with E-state index >= 15 is 0 Å². The molecule has 0 amide bonds. The van der Waals surface area contributed by atoms with Crippen LogP contribution in [0.4, 0.5) is 10.2 Å². The average molecular weight is 267 g/mol. The van der Waals surface area contributed by atoms with Crippen LogP contribution in [0.2, 0.25) is 0 Å². The highest BCUT2D eigenvalue weighted by Gasteiger charge is 2.41. The molecule has 1 aliphatic heterocycles. The molecule has 3 atom stereocenters. The van der Waals surface area contributed by atoms with E-state index in [4.69, 9.17) is 10.5 Å². The number of nitrogen functional groups attached to an aromatic ring is 1. The van der Waals surface area contributed by atoms with Gasteiger partial charge in [-0.3, -0.25) is 4.57 Å². The Balaban J connectivity index is 2.09. The molecule has 0 spiro atoms. The van der Waals surface area contributed by atoms with Crippen molar-refractivity contribution in [3.63, 3.8) is 0 Å². The smallest absolute Gasteiger partial charge is 0.207 e. The lowest BCUT2D eigenvalue weighted by Gasteiger charge is -2.15. The fourth-order valence-electron chi connectivity index (χ4n) is 1.97.